The van der Waals surface area contributed by atoms with E-state index in [-0.39, 0.29) is 11.8 Å². The number of nitrogens with one attached hydrogen (secondary N) is 2. The number of ether oxygens (including phenoxy) is 2. The maximum Gasteiger partial charge on any atom is 0.407 e. The Hall–Kier alpha value is -3.55. The van der Waals surface area contributed by atoms with Gasteiger partial charge < -0.3 is 25.2 Å². The summed E-state index contributed by atoms with van der Waals surface area (Å²) >= 11 is 0. The van der Waals surface area contributed by atoms with Crippen LogP contribution >= 0.6 is 0 Å². The van der Waals surface area contributed by atoms with Crippen LogP contribution in [0.2, 0.25) is 0 Å². The van der Waals surface area contributed by atoms with Gasteiger partial charge in [0.25, 0.3) is 0 Å². The number of fused-ring (bicyclic) bond motifs is 1. The summed E-state index contributed by atoms with van der Waals surface area (Å²) in [5, 5.41) is 17.6. The number of aromatic nitrogens is 2. The molecule has 0 aliphatic heterocycles. The van der Waals surface area contributed by atoms with Crippen molar-refractivity contribution in [3.63, 3.8) is 0 Å². The van der Waals surface area contributed by atoms with E-state index in [0.717, 1.165) is 17.3 Å². The average molecular weight is 467 g/mol. The van der Waals surface area contributed by atoms with Crippen molar-refractivity contribution in [2.75, 3.05) is 19.0 Å². The lowest BCUT2D eigenvalue weighted by Gasteiger charge is -2.25. The number of rotatable bonds is 8. The molecule has 0 bridgehead atoms. The number of carbonyl (C=O) groups is 1. The Morgan fingerprint density at radius 1 is 1.12 bits per heavy atom. The number of benzene rings is 2. The van der Waals surface area contributed by atoms with Crippen LogP contribution in [0.25, 0.3) is 22.3 Å². The fourth-order valence-corrected chi connectivity index (χ4v) is 3.61. The largest absolute Gasteiger partial charge is 0.507 e. The summed E-state index contributed by atoms with van der Waals surface area (Å²) in [7, 11) is 1.57. The number of amides is 1. The van der Waals surface area contributed by atoms with Crippen molar-refractivity contribution < 1.29 is 19.4 Å². The number of methoxy groups -OCH3 is 1. The lowest BCUT2D eigenvalue weighted by atomic mass is 10.0. The normalized spacial score (nSPS) is 12.4. The minimum Gasteiger partial charge on any atom is -0.507 e. The molecular formula is C26H34N4O4. The van der Waals surface area contributed by atoms with E-state index in [2.05, 4.69) is 29.5 Å². The highest BCUT2D eigenvalue weighted by Gasteiger charge is 2.21. The van der Waals surface area contributed by atoms with Crippen LogP contribution in [-0.2, 0) is 4.74 Å². The molecule has 3 aromatic rings. The zero-order chi connectivity index (χ0) is 24.9. The van der Waals surface area contributed by atoms with Gasteiger partial charge in [-0.25, -0.2) is 14.8 Å². The third-order valence-electron chi connectivity index (χ3n) is 5.04. The van der Waals surface area contributed by atoms with E-state index < -0.39 is 11.7 Å². The van der Waals surface area contributed by atoms with E-state index in [1.165, 1.54) is 0 Å². The van der Waals surface area contributed by atoms with Gasteiger partial charge in [0.15, 0.2) is 5.82 Å². The first-order valence-electron chi connectivity index (χ1n) is 11.4. The van der Waals surface area contributed by atoms with Gasteiger partial charge >= 0.3 is 6.09 Å². The van der Waals surface area contributed by atoms with Crippen LogP contribution in [0, 0.1) is 5.92 Å². The Labute approximate surface area is 200 Å². The summed E-state index contributed by atoms with van der Waals surface area (Å²) in [5.41, 5.74) is 0.632. The van der Waals surface area contributed by atoms with Gasteiger partial charge in [0.2, 0.25) is 0 Å². The molecule has 1 aromatic heterocycles. The zero-order valence-corrected chi connectivity index (χ0v) is 20.7. The topological polar surface area (TPSA) is 106 Å². The van der Waals surface area contributed by atoms with Gasteiger partial charge in [0.1, 0.15) is 22.9 Å². The molecule has 8 heteroatoms. The maximum atomic E-state index is 12.4. The summed E-state index contributed by atoms with van der Waals surface area (Å²) in [6, 6.07) is 12.4. The van der Waals surface area contributed by atoms with Crippen molar-refractivity contribution in [3.05, 3.63) is 42.5 Å². The van der Waals surface area contributed by atoms with Gasteiger partial charge in [-0.05, 0) is 63.4 Å². The van der Waals surface area contributed by atoms with E-state index in [9.17, 15) is 9.90 Å². The lowest BCUT2D eigenvalue weighted by Crippen LogP contribution is -2.43. The van der Waals surface area contributed by atoms with Gasteiger partial charge in [0, 0.05) is 18.0 Å². The minimum absolute atomic E-state index is 0.0614. The van der Waals surface area contributed by atoms with Crippen molar-refractivity contribution in [1.29, 1.82) is 0 Å². The van der Waals surface area contributed by atoms with Gasteiger partial charge in [-0.3, -0.25) is 0 Å². The summed E-state index contributed by atoms with van der Waals surface area (Å²) in [5.74, 6) is 2.01. The Morgan fingerprint density at radius 3 is 2.53 bits per heavy atom. The molecule has 0 aliphatic carbocycles. The molecular weight excluding hydrogens is 432 g/mol. The number of nitrogens with zero attached hydrogens (tertiary/aromatic N) is 2. The Balaban J connectivity index is 1.91. The van der Waals surface area contributed by atoms with Crippen molar-refractivity contribution in [1.82, 2.24) is 15.3 Å². The van der Waals surface area contributed by atoms with Crippen molar-refractivity contribution >= 4 is 22.8 Å². The van der Waals surface area contributed by atoms with E-state index >= 15 is 0 Å². The number of para-hydroxylation sites is 1. The molecule has 1 atom stereocenters. The molecule has 0 fully saturated rings. The van der Waals surface area contributed by atoms with Crippen LogP contribution in [0.3, 0.4) is 0 Å². The second kappa shape index (κ2) is 10.6. The fourth-order valence-electron chi connectivity index (χ4n) is 3.61. The summed E-state index contributed by atoms with van der Waals surface area (Å²) < 4.78 is 10.7. The lowest BCUT2D eigenvalue weighted by molar-refractivity contribution is 0.0502. The van der Waals surface area contributed by atoms with Gasteiger partial charge in [-0.1, -0.05) is 26.0 Å². The van der Waals surface area contributed by atoms with Crippen LogP contribution < -0.4 is 15.4 Å². The molecule has 1 amide bonds. The van der Waals surface area contributed by atoms with Crippen LogP contribution in [0.5, 0.6) is 11.5 Å². The Bertz CT molecular complexity index is 1140. The minimum atomic E-state index is -0.573. The Kier molecular flexibility index (Phi) is 7.81. The second-order valence-electron chi connectivity index (χ2n) is 9.65. The predicted molar refractivity (Wildman–Crippen MR) is 134 cm³/mol. The standard InChI is InChI=1S/C26H34N4O4/c1-16(2)13-17(28-25(32)34-26(3,4)5)15-27-23-19-9-7-8-10-21(19)29-24(30-23)20-14-18(33-6)11-12-22(20)31/h7-12,14,16-17,31H,13,15H2,1-6H3,(H,28,32)(H,27,29,30)/t17-/m1/s1. The third-order valence-corrected chi connectivity index (χ3v) is 5.04. The van der Waals surface area contributed by atoms with E-state index in [0.29, 0.717) is 35.4 Å². The van der Waals surface area contributed by atoms with Crippen LogP contribution in [0.4, 0.5) is 10.6 Å². The Morgan fingerprint density at radius 2 is 1.85 bits per heavy atom. The molecule has 0 spiro atoms. The number of alkyl carbamates (subject to hydrolysis) is 1. The predicted octanol–water partition coefficient (Wildman–Crippen LogP) is 5.36. The quantitative estimate of drug-likeness (QED) is 0.410. The summed E-state index contributed by atoms with van der Waals surface area (Å²) in [6.45, 7) is 10.2. The molecule has 8 nitrogen and oxygen atoms in total. The number of anilines is 1. The molecule has 34 heavy (non-hydrogen) atoms. The highest BCUT2D eigenvalue weighted by atomic mass is 16.6. The van der Waals surface area contributed by atoms with Gasteiger partial charge in [0.05, 0.1) is 18.2 Å². The molecule has 0 unspecified atom stereocenters. The number of phenolic OH excluding ortho intramolecular Hbond substituents is 1. The van der Waals surface area contributed by atoms with Crippen LogP contribution in [0.15, 0.2) is 42.5 Å². The third kappa shape index (κ3) is 6.73. The number of carbonyl (C=O) groups excluding carboxylic acids is 1. The summed E-state index contributed by atoms with van der Waals surface area (Å²) in [4.78, 5) is 21.8. The monoisotopic (exact) mass is 466 g/mol. The highest BCUT2D eigenvalue weighted by molar-refractivity contribution is 5.91. The molecule has 0 saturated carbocycles. The second-order valence-corrected chi connectivity index (χ2v) is 9.65. The van der Waals surface area contributed by atoms with E-state index in [1.54, 1.807) is 25.3 Å². The first kappa shape index (κ1) is 25.1. The number of hydrogen-bond donors (Lipinski definition) is 3. The van der Waals surface area contributed by atoms with Gasteiger partial charge in [-0.15, -0.1) is 0 Å². The molecule has 0 radical (unpaired) electrons. The first-order valence-corrected chi connectivity index (χ1v) is 11.4. The van der Waals surface area contributed by atoms with Crippen molar-refractivity contribution in [2.45, 2.75) is 52.7 Å². The van der Waals surface area contributed by atoms with Crippen molar-refractivity contribution in [3.8, 4) is 22.9 Å². The first-order chi connectivity index (χ1) is 16.1. The fraction of sp³-hybridized carbons (Fsp3) is 0.423. The maximum absolute atomic E-state index is 12.4. The SMILES string of the molecule is COc1ccc(O)c(-c2nc(NC[C@@H](CC(C)C)NC(=O)OC(C)(C)C)c3ccccc3n2)c1. The molecule has 3 rings (SSSR count). The summed E-state index contributed by atoms with van der Waals surface area (Å²) in [6.07, 6.45) is 0.313. The number of hydrogen-bond acceptors (Lipinski definition) is 7. The highest BCUT2D eigenvalue weighted by Crippen LogP contribution is 2.33. The van der Waals surface area contributed by atoms with Crippen LogP contribution in [-0.4, -0.2) is 46.5 Å². The van der Waals surface area contributed by atoms with Gasteiger partial charge in [-0.2, -0.15) is 0 Å². The van der Waals surface area contributed by atoms with Crippen LogP contribution in [0.1, 0.15) is 41.0 Å². The van der Waals surface area contributed by atoms with E-state index in [1.807, 2.05) is 45.0 Å². The number of phenols is 1. The van der Waals surface area contributed by atoms with Crippen molar-refractivity contribution in [2.24, 2.45) is 5.92 Å². The zero-order valence-electron chi connectivity index (χ0n) is 20.7. The smallest absolute Gasteiger partial charge is 0.407 e. The average Bonchev–Trinajstić information content (AvgIpc) is 2.75. The van der Waals surface area contributed by atoms with E-state index in [4.69, 9.17) is 14.5 Å². The number of aromatic hydroxyl groups is 1. The molecule has 1 heterocycles. The molecule has 0 saturated heterocycles. The molecule has 2 aromatic carbocycles. The molecule has 3 N–H and O–H groups in total. The molecule has 182 valence electrons. The molecule has 0 aliphatic rings.